The van der Waals surface area contributed by atoms with E-state index in [2.05, 4.69) is 21.2 Å². The maximum atomic E-state index is 9.70. The van der Waals surface area contributed by atoms with Crippen molar-refractivity contribution in [3.8, 4) is 11.5 Å². The zero-order valence-electron chi connectivity index (χ0n) is 12.0. The number of methoxy groups -OCH3 is 2. The molecule has 2 aromatic carbocycles. The number of benzene rings is 2. The Labute approximate surface area is 132 Å². The molecule has 0 fully saturated rings. The van der Waals surface area contributed by atoms with E-state index in [4.69, 9.17) is 9.47 Å². The van der Waals surface area contributed by atoms with Crippen LogP contribution < -0.4 is 14.8 Å². The van der Waals surface area contributed by atoms with Crippen LogP contribution in [0.2, 0.25) is 0 Å². The second-order valence-corrected chi connectivity index (χ2v) is 5.33. The van der Waals surface area contributed by atoms with Crippen molar-refractivity contribution in [1.29, 1.82) is 0 Å². The van der Waals surface area contributed by atoms with E-state index in [1.54, 1.807) is 14.2 Å². The van der Waals surface area contributed by atoms with Gasteiger partial charge in [-0.2, -0.15) is 0 Å². The van der Waals surface area contributed by atoms with Crippen molar-refractivity contribution in [2.45, 2.75) is 6.04 Å². The van der Waals surface area contributed by atoms with Gasteiger partial charge in [0.05, 0.1) is 26.9 Å². The lowest BCUT2D eigenvalue weighted by molar-refractivity contribution is 0.275. The highest BCUT2D eigenvalue weighted by Gasteiger charge is 2.17. The molecule has 4 nitrogen and oxygen atoms in total. The van der Waals surface area contributed by atoms with Crippen LogP contribution in [0.4, 0.5) is 5.69 Å². The van der Waals surface area contributed by atoms with E-state index in [1.165, 1.54) is 0 Å². The molecule has 112 valence electrons. The first-order valence-corrected chi connectivity index (χ1v) is 7.32. The molecule has 1 atom stereocenters. The second-order valence-electron chi connectivity index (χ2n) is 4.47. The third-order valence-corrected chi connectivity index (χ3v) is 3.86. The zero-order valence-corrected chi connectivity index (χ0v) is 13.6. The van der Waals surface area contributed by atoms with Gasteiger partial charge in [-0.3, -0.25) is 0 Å². The molecule has 0 saturated carbocycles. The first kappa shape index (κ1) is 15.7. The molecule has 2 rings (SSSR count). The standard InChI is InChI=1S/C16H18BrNO3/c1-20-15-8-12(13(17)9-16(15)21-2)14(10-19)18-11-6-4-3-5-7-11/h3-9,14,18-19H,10H2,1-2H3. The molecule has 1 unspecified atom stereocenters. The van der Waals surface area contributed by atoms with E-state index >= 15 is 0 Å². The molecule has 0 bridgehead atoms. The van der Waals surface area contributed by atoms with Gasteiger partial charge in [0.1, 0.15) is 0 Å². The number of para-hydroxylation sites is 1. The number of hydrogen-bond acceptors (Lipinski definition) is 4. The Bertz CT molecular complexity index is 590. The Kier molecular flexibility index (Phi) is 5.47. The number of anilines is 1. The second kappa shape index (κ2) is 7.33. The van der Waals surface area contributed by atoms with Crippen LogP contribution in [0.1, 0.15) is 11.6 Å². The Morgan fingerprint density at radius 2 is 1.71 bits per heavy atom. The van der Waals surface area contributed by atoms with Gasteiger partial charge < -0.3 is 19.9 Å². The zero-order chi connectivity index (χ0) is 15.2. The van der Waals surface area contributed by atoms with Gasteiger partial charge in [0, 0.05) is 10.2 Å². The summed E-state index contributed by atoms with van der Waals surface area (Å²) in [5, 5.41) is 13.0. The minimum absolute atomic E-state index is 0.0387. The molecule has 0 heterocycles. The number of aliphatic hydroxyl groups excluding tert-OH is 1. The normalized spacial score (nSPS) is 11.8. The summed E-state index contributed by atoms with van der Waals surface area (Å²) < 4.78 is 11.4. The number of rotatable bonds is 6. The lowest BCUT2D eigenvalue weighted by atomic mass is 10.1. The smallest absolute Gasteiger partial charge is 0.161 e. The van der Waals surface area contributed by atoms with Gasteiger partial charge in [0.15, 0.2) is 11.5 Å². The summed E-state index contributed by atoms with van der Waals surface area (Å²) in [6, 6.07) is 13.2. The maximum absolute atomic E-state index is 9.70. The molecule has 0 spiro atoms. The maximum Gasteiger partial charge on any atom is 0.161 e. The lowest BCUT2D eigenvalue weighted by Crippen LogP contribution is -2.15. The van der Waals surface area contributed by atoms with E-state index in [9.17, 15) is 5.11 Å². The molecule has 2 N–H and O–H groups in total. The van der Waals surface area contributed by atoms with Gasteiger partial charge in [-0.05, 0) is 29.8 Å². The van der Waals surface area contributed by atoms with Crippen molar-refractivity contribution in [3.05, 3.63) is 52.5 Å². The Morgan fingerprint density at radius 3 is 2.29 bits per heavy atom. The minimum atomic E-state index is -0.249. The summed E-state index contributed by atoms with van der Waals surface area (Å²) in [6.45, 7) is -0.0387. The predicted octanol–water partition coefficient (Wildman–Crippen LogP) is 3.61. The van der Waals surface area contributed by atoms with E-state index in [-0.39, 0.29) is 12.6 Å². The summed E-state index contributed by atoms with van der Waals surface area (Å²) in [6.07, 6.45) is 0. The van der Waals surface area contributed by atoms with Crippen molar-refractivity contribution in [3.63, 3.8) is 0 Å². The van der Waals surface area contributed by atoms with E-state index in [0.29, 0.717) is 11.5 Å². The molecule has 2 aromatic rings. The summed E-state index contributed by atoms with van der Waals surface area (Å²) in [4.78, 5) is 0. The first-order valence-electron chi connectivity index (χ1n) is 6.53. The lowest BCUT2D eigenvalue weighted by Gasteiger charge is -2.21. The molecular formula is C16H18BrNO3. The average Bonchev–Trinajstić information content (AvgIpc) is 2.53. The van der Waals surface area contributed by atoms with Crippen molar-refractivity contribution in [2.24, 2.45) is 0 Å². The van der Waals surface area contributed by atoms with Gasteiger partial charge in [0.2, 0.25) is 0 Å². The molecule has 0 radical (unpaired) electrons. The van der Waals surface area contributed by atoms with Crippen LogP contribution in [0.15, 0.2) is 46.9 Å². The molecule has 0 aliphatic rings. The van der Waals surface area contributed by atoms with Crippen LogP contribution in [0.25, 0.3) is 0 Å². The fourth-order valence-corrected chi connectivity index (χ4v) is 2.69. The topological polar surface area (TPSA) is 50.7 Å². The van der Waals surface area contributed by atoms with Crippen LogP contribution >= 0.6 is 15.9 Å². The first-order chi connectivity index (χ1) is 10.2. The number of aliphatic hydroxyl groups is 1. The van der Waals surface area contributed by atoms with Gasteiger partial charge in [-0.15, -0.1) is 0 Å². The van der Waals surface area contributed by atoms with E-state index in [1.807, 2.05) is 42.5 Å². The predicted molar refractivity (Wildman–Crippen MR) is 87.1 cm³/mol. The van der Waals surface area contributed by atoms with Crippen LogP contribution in [-0.4, -0.2) is 25.9 Å². The third kappa shape index (κ3) is 3.68. The molecule has 0 aliphatic carbocycles. The third-order valence-electron chi connectivity index (χ3n) is 3.18. The van der Waals surface area contributed by atoms with Crippen LogP contribution in [0.5, 0.6) is 11.5 Å². The van der Waals surface area contributed by atoms with Gasteiger partial charge >= 0.3 is 0 Å². The molecular weight excluding hydrogens is 334 g/mol. The molecule has 5 heteroatoms. The summed E-state index contributed by atoms with van der Waals surface area (Å²) in [5.41, 5.74) is 1.84. The van der Waals surface area contributed by atoms with E-state index in [0.717, 1.165) is 15.7 Å². The molecule has 0 aromatic heterocycles. The van der Waals surface area contributed by atoms with Crippen LogP contribution in [-0.2, 0) is 0 Å². The molecule has 0 amide bonds. The van der Waals surface area contributed by atoms with Gasteiger partial charge in [-0.1, -0.05) is 34.1 Å². The molecule has 0 saturated heterocycles. The Balaban J connectivity index is 2.33. The molecule has 21 heavy (non-hydrogen) atoms. The van der Waals surface area contributed by atoms with Crippen molar-refractivity contribution < 1.29 is 14.6 Å². The SMILES string of the molecule is COc1cc(Br)c(C(CO)Nc2ccccc2)cc1OC. The number of halogens is 1. The summed E-state index contributed by atoms with van der Waals surface area (Å²) in [7, 11) is 3.18. The summed E-state index contributed by atoms with van der Waals surface area (Å²) in [5.74, 6) is 1.27. The highest BCUT2D eigenvalue weighted by molar-refractivity contribution is 9.10. The average molecular weight is 352 g/mol. The van der Waals surface area contributed by atoms with Crippen molar-refractivity contribution in [2.75, 3.05) is 26.1 Å². The van der Waals surface area contributed by atoms with Crippen LogP contribution in [0.3, 0.4) is 0 Å². The van der Waals surface area contributed by atoms with Crippen molar-refractivity contribution >= 4 is 21.6 Å². The highest BCUT2D eigenvalue weighted by Crippen LogP contribution is 2.36. The Hall–Kier alpha value is -1.72. The number of hydrogen-bond donors (Lipinski definition) is 2. The largest absolute Gasteiger partial charge is 0.493 e. The van der Waals surface area contributed by atoms with Crippen molar-refractivity contribution in [1.82, 2.24) is 0 Å². The fraction of sp³-hybridized carbons (Fsp3) is 0.250. The van der Waals surface area contributed by atoms with Gasteiger partial charge in [-0.25, -0.2) is 0 Å². The summed E-state index contributed by atoms with van der Waals surface area (Å²) >= 11 is 3.52. The quantitative estimate of drug-likeness (QED) is 0.834. The van der Waals surface area contributed by atoms with Crippen LogP contribution in [0, 0.1) is 0 Å². The molecule has 0 aliphatic heterocycles. The minimum Gasteiger partial charge on any atom is -0.493 e. The number of ether oxygens (including phenoxy) is 2. The monoisotopic (exact) mass is 351 g/mol. The van der Waals surface area contributed by atoms with Gasteiger partial charge in [0.25, 0.3) is 0 Å². The fourth-order valence-electron chi connectivity index (χ4n) is 2.09. The number of nitrogens with one attached hydrogen (secondary N) is 1. The highest BCUT2D eigenvalue weighted by atomic mass is 79.9. The van der Waals surface area contributed by atoms with E-state index < -0.39 is 0 Å². The Morgan fingerprint density at radius 1 is 1.10 bits per heavy atom.